The van der Waals surface area contributed by atoms with Gasteiger partial charge < -0.3 is 34.8 Å². The van der Waals surface area contributed by atoms with E-state index in [2.05, 4.69) is 5.32 Å². The number of aliphatic imine (C=N–C) groups is 1. The minimum absolute atomic E-state index is 0.0354. The summed E-state index contributed by atoms with van der Waals surface area (Å²) < 4.78 is 16.1. The maximum absolute atomic E-state index is 10.6. The number of phenolic OH excluding ortho intramolecular Hbond substituents is 2. The van der Waals surface area contributed by atoms with Crippen LogP contribution in [0, 0.1) is 0 Å². The van der Waals surface area contributed by atoms with Gasteiger partial charge in [0.2, 0.25) is 0 Å². The van der Waals surface area contributed by atoms with Crippen molar-refractivity contribution < 1.29 is 29.5 Å². The topological polar surface area (TPSA) is 113 Å². The molecular weight excluding hydrogens is 480 g/mol. The lowest BCUT2D eigenvalue weighted by atomic mass is 10.1. The van der Waals surface area contributed by atoms with E-state index in [-0.39, 0.29) is 28.6 Å². The standard InChI is InChI=1S/C27H30N2O6S/c1-33-24-12-17(6-9-22(24)31)5-8-20(30)14-19-15-26(18-7-10-23(32)25(13-18)34-2)36-27(29-19)28-16-21-4-3-11-35-21/h5-10,12-15,21,26,30-32H,3-4,11,16H2,1-2H3,(H,28,29)/b8-5+,20-14-. The molecule has 2 aliphatic heterocycles. The highest BCUT2D eigenvalue weighted by molar-refractivity contribution is 8.14. The molecule has 2 unspecified atom stereocenters. The number of aromatic hydroxyl groups is 2. The van der Waals surface area contributed by atoms with Crippen LogP contribution in [0.25, 0.3) is 6.08 Å². The van der Waals surface area contributed by atoms with Crippen LogP contribution in [-0.4, -0.2) is 54.0 Å². The molecule has 0 saturated carbocycles. The van der Waals surface area contributed by atoms with Crippen LogP contribution in [0.3, 0.4) is 0 Å². The van der Waals surface area contributed by atoms with Crippen molar-refractivity contribution in [2.45, 2.75) is 24.2 Å². The van der Waals surface area contributed by atoms with Crippen LogP contribution in [0.1, 0.15) is 29.2 Å². The summed E-state index contributed by atoms with van der Waals surface area (Å²) in [6, 6.07) is 10.2. The number of benzene rings is 2. The number of aliphatic hydroxyl groups is 1. The Morgan fingerprint density at radius 3 is 2.61 bits per heavy atom. The Labute approximate surface area is 214 Å². The minimum Gasteiger partial charge on any atom is -0.508 e. The lowest BCUT2D eigenvalue weighted by Crippen LogP contribution is -2.26. The van der Waals surface area contributed by atoms with E-state index in [0.29, 0.717) is 23.7 Å². The predicted octanol–water partition coefficient (Wildman–Crippen LogP) is 5.07. The second-order valence-electron chi connectivity index (χ2n) is 8.33. The first-order chi connectivity index (χ1) is 17.4. The van der Waals surface area contributed by atoms with Crippen molar-refractivity contribution in [1.82, 2.24) is 5.32 Å². The Balaban J connectivity index is 1.58. The lowest BCUT2D eigenvalue weighted by Gasteiger charge is -2.24. The second kappa shape index (κ2) is 11.9. The molecule has 2 aromatic carbocycles. The number of hydrogen-bond acceptors (Lipinski definition) is 8. The molecule has 0 aromatic heterocycles. The average molecular weight is 511 g/mol. The van der Waals surface area contributed by atoms with Crippen molar-refractivity contribution in [3.63, 3.8) is 0 Å². The molecule has 2 aromatic rings. The third-order valence-electron chi connectivity index (χ3n) is 5.77. The van der Waals surface area contributed by atoms with Gasteiger partial charge in [0.25, 0.3) is 0 Å². The van der Waals surface area contributed by atoms with Gasteiger partial charge in [-0.3, -0.25) is 4.99 Å². The molecule has 0 bridgehead atoms. The fourth-order valence-electron chi connectivity index (χ4n) is 3.87. The van der Waals surface area contributed by atoms with Crippen LogP contribution in [0.5, 0.6) is 23.0 Å². The molecule has 0 aliphatic carbocycles. The van der Waals surface area contributed by atoms with Crippen molar-refractivity contribution in [2.24, 2.45) is 4.99 Å². The van der Waals surface area contributed by atoms with Gasteiger partial charge in [0.05, 0.1) is 32.1 Å². The first-order valence-corrected chi connectivity index (χ1v) is 12.5. The van der Waals surface area contributed by atoms with E-state index in [4.69, 9.17) is 19.2 Å². The lowest BCUT2D eigenvalue weighted by molar-refractivity contribution is 0.118. The maximum atomic E-state index is 10.6. The molecule has 1 saturated heterocycles. The molecule has 36 heavy (non-hydrogen) atoms. The van der Waals surface area contributed by atoms with Crippen LogP contribution in [0.2, 0.25) is 0 Å². The minimum atomic E-state index is -0.117. The maximum Gasteiger partial charge on any atom is 0.162 e. The molecule has 1 fully saturated rings. The quantitative estimate of drug-likeness (QED) is 0.288. The number of allylic oxidation sites excluding steroid dienone is 2. The van der Waals surface area contributed by atoms with Crippen molar-refractivity contribution in [1.29, 1.82) is 0 Å². The smallest absolute Gasteiger partial charge is 0.162 e. The molecule has 0 radical (unpaired) electrons. The number of amidine groups is 1. The molecule has 2 aliphatic rings. The molecule has 2 heterocycles. The van der Waals surface area contributed by atoms with Crippen molar-refractivity contribution in [3.8, 4) is 23.0 Å². The zero-order valence-corrected chi connectivity index (χ0v) is 21.0. The first kappa shape index (κ1) is 25.5. The molecule has 2 atom stereocenters. The summed E-state index contributed by atoms with van der Waals surface area (Å²) in [7, 11) is 3.00. The number of thioether (sulfide) groups is 1. The van der Waals surface area contributed by atoms with Gasteiger partial charge >= 0.3 is 0 Å². The number of methoxy groups -OCH3 is 2. The Bertz CT molecular complexity index is 1200. The van der Waals surface area contributed by atoms with Gasteiger partial charge in [-0.1, -0.05) is 30.0 Å². The number of nitrogens with one attached hydrogen (secondary N) is 1. The fourth-order valence-corrected chi connectivity index (χ4v) is 4.93. The average Bonchev–Trinajstić information content (AvgIpc) is 3.41. The van der Waals surface area contributed by atoms with Gasteiger partial charge in [0.15, 0.2) is 28.2 Å². The molecular formula is C27H30N2O6S. The zero-order valence-electron chi connectivity index (χ0n) is 20.2. The Hall–Kier alpha value is -3.56. The normalized spacial score (nSPS) is 21.4. The van der Waals surface area contributed by atoms with Gasteiger partial charge in [-0.15, -0.1) is 0 Å². The molecule has 4 N–H and O–H groups in total. The summed E-state index contributed by atoms with van der Waals surface area (Å²) in [5.41, 5.74) is 2.37. The Morgan fingerprint density at radius 2 is 1.89 bits per heavy atom. The van der Waals surface area contributed by atoms with E-state index in [1.807, 2.05) is 12.1 Å². The number of aliphatic hydroxyl groups excluding tert-OH is 1. The summed E-state index contributed by atoms with van der Waals surface area (Å²) in [5, 5.41) is 34.2. The molecule has 190 valence electrons. The van der Waals surface area contributed by atoms with E-state index in [1.54, 1.807) is 54.3 Å². The molecule has 0 spiro atoms. The van der Waals surface area contributed by atoms with E-state index < -0.39 is 0 Å². The van der Waals surface area contributed by atoms with Gasteiger partial charge in [-0.2, -0.15) is 0 Å². The Kier molecular flexibility index (Phi) is 8.45. The molecule has 8 nitrogen and oxygen atoms in total. The monoisotopic (exact) mass is 510 g/mol. The summed E-state index contributed by atoms with van der Waals surface area (Å²) in [6.07, 6.45) is 9.06. The Morgan fingerprint density at radius 1 is 1.14 bits per heavy atom. The van der Waals surface area contributed by atoms with Gasteiger partial charge in [0.1, 0.15) is 5.76 Å². The number of rotatable bonds is 8. The number of nitrogens with zero attached hydrogens (tertiary/aromatic N) is 1. The summed E-state index contributed by atoms with van der Waals surface area (Å²) in [5.74, 6) is 0.909. The third kappa shape index (κ3) is 6.56. The molecule has 0 amide bonds. The summed E-state index contributed by atoms with van der Waals surface area (Å²) in [6.45, 7) is 1.33. The van der Waals surface area contributed by atoms with E-state index in [0.717, 1.165) is 35.7 Å². The van der Waals surface area contributed by atoms with E-state index in [1.165, 1.54) is 20.3 Å². The molecule has 9 heteroatoms. The number of ether oxygens (including phenoxy) is 3. The second-order valence-corrected chi connectivity index (χ2v) is 9.46. The predicted molar refractivity (Wildman–Crippen MR) is 142 cm³/mol. The highest BCUT2D eigenvalue weighted by atomic mass is 32.2. The van der Waals surface area contributed by atoms with Crippen LogP contribution < -0.4 is 14.8 Å². The third-order valence-corrected chi connectivity index (χ3v) is 6.89. The van der Waals surface area contributed by atoms with Crippen LogP contribution in [0.4, 0.5) is 0 Å². The summed E-state index contributed by atoms with van der Waals surface area (Å²) >= 11 is 1.54. The van der Waals surface area contributed by atoms with Crippen molar-refractivity contribution >= 4 is 23.0 Å². The zero-order chi connectivity index (χ0) is 25.5. The highest BCUT2D eigenvalue weighted by Gasteiger charge is 2.22. The fraction of sp³-hybridized carbons (Fsp3) is 0.296. The first-order valence-electron chi connectivity index (χ1n) is 11.6. The van der Waals surface area contributed by atoms with Crippen LogP contribution in [0.15, 0.2) is 71.1 Å². The van der Waals surface area contributed by atoms with E-state index in [9.17, 15) is 15.3 Å². The van der Waals surface area contributed by atoms with E-state index >= 15 is 0 Å². The molecule has 4 rings (SSSR count). The number of phenols is 2. The van der Waals surface area contributed by atoms with Crippen molar-refractivity contribution in [2.75, 3.05) is 27.4 Å². The van der Waals surface area contributed by atoms with Gasteiger partial charge in [-0.25, -0.2) is 0 Å². The SMILES string of the molecule is COc1cc(/C=C/C(O)=C/C2=CC(c3ccc(O)c(OC)c3)SC(=NCC3CCCO3)N2)ccc1O. The van der Waals surface area contributed by atoms with Gasteiger partial charge in [-0.05, 0) is 60.4 Å². The van der Waals surface area contributed by atoms with Gasteiger partial charge in [0, 0.05) is 18.4 Å². The highest BCUT2D eigenvalue weighted by Crippen LogP contribution is 2.39. The van der Waals surface area contributed by atoms with Crippen molar-refractivity contribution in [3.05, 3.63) is 77.2 Å². The van der Waals surface area contributed by atoms with Crippen LogP contribution >= 0.6 is 11.8 Å². The summed E-state index contributed by atoms with van der Waals surface area (Å²) in [4.78, 5) is 4.74. The largest absolute Gasteiger partial charge is 0.508 e. The number of hydrogen-bond donors (Lipinski definition) is 4. The van der Waals surface area contributed by atoms with Crippen LogP contribution in [-0.2, 0) is 4.74 Å².